The normalized spacial score (nSPS) is 18.2. The number of aliphatic hydroxyl groups is 1. The van der Waals surface area contributed by atoms with E-state index in [0.29, 0.717) is 6.61 Å². The molecule has 2 rings (SSSR count). The van der Waals surface area contributed by atoms with Gasteiger partial charge < -0.3 is 14.6 Å². The van der Waals surface area contributed by atoms with E-state index in [2.05, 4.69) is 12.1 Å². The number of rotatable bonds is 6. The van der Waals surface area contributed by atoms with Crippen molar-refractivity contribution in [3.63, 3.8) is 0 Å². The van der Waals surface area contributed by atoms with E-state index in [1.54, 1.807) is 7.11 Å². The predicted molar refractivity (Wildman–Crippen MR) is 75.6 cm³/mol. The van der Waals surface area contributed by atoms with Crippen LogP contribution >= 0.6 is 0 Å². The lowest BCUT2D eigenvalue weighted by atomic mass is 9.85. The second-order valence-electron chi connectivity index (χ2n) is 5.46. The molecule has 0 heterocycles. The van der Waals surface area contributed by atoms with Crippen LogP contribution in [0.25, 0.3) is 0 Å². The highest BCUT2D eigenvalue weighted by molar-refractivity contribution is 5.27. The quantitative estimate of drug-likeness (QED) is 0.858. The van der Waals surface area contributed by atoms with Crippen molar-refractivity contribution in [1.29, 1.82) is 0 Å². The Hall–Kier alpha value is -1.06. The molecule has 1 aliphatic carbocycles. The fourth-order valence-electron chi connectivity index (χ4n) is 2.54. The molecule has 3 heteroatoms. The summed E-state index contributed by atoms with van der Waals surface area (Å²) >= 11 is 0. The third kappa shape index (κ3) is 4.51. The Kier molecular flexibility index (Phi) is 5.23. The van der Waals surface area contributed by atoms with Gasteiger partial charge in [-0.3, -0.25) is 0 Å². The molecular weight excluding hydrogens is 240 g/mol. The van der Waals surface area contributed by atoms with Gasteiger partial charge in [0.05, 0.1) is 12.2 Å². The molecule has 0 amide bonds. The molecule has 1 aromatic carbocycles. The summed E-state index contributed by atoms with van der Waals surface area (Å²) < 4.78 is 10.8. The van der Waals surface area contributed by atoms with Crippen LogP contribution in [0.15, 0.2) is 24.3 Å². The Labute approximate surface area is 115 Å². The lowest BCUT2D eigenvalue weighted by Gasteiger charge is -2.31. The lowest BCUT2D eigenvalue weighted by molar-refractivity contribution is -0.0339. The average Bonchev–Trinajstić information content (AvgIpc) is 2.45. The Morgan fingerprint density at radius 1 is 1.11 bits per heavy atom. The summed E-state index contributed by atoms with van der Waals surface area (Å²) in [5.41, 5.74) is 0.623. The van der Waals surface area contributed by atoms with Gasteiger partial charge in [0.2, 0.25) is 0 Å². The van der Waals surface area contributed by atoms with Gasteiger partial charge in [0, 0.05) is 7.11 Å². The number of methoxy groups -OCH3 is 1. The lowest BCUT2D eigenvalue weighted by Crippen LogP contribution is -2.37. The van der Waals surface area contributed by atoms with Gasteiger partial charge in [0.15, 0.2) is 0 Å². The SMILES string of the molecule is COCCc1ccc(OCC2(O)CCCCC2)cc1. The number of benzene rings is 1. The summed E-state index contributed by atoms with van der Waals surface area (Å²) in [7, 11) is 1.71. The zero-order valence-electron chi connectivity index (χ0n) is 11.7. The Morgan fingerprint density at radius 3 is 2.42 bits per heavy atom. The van der Waals surface area contributed by atoms with Crippen molar-refractivity contribution >= 4 is 0 Å². The van der Waals surface area contributed by atoms with Gasteiger partial charge in [-0.15, -0.1) is 0 Å². The molecule has 1 aromatic rings. The molecule has 0 unspecified atom stereocenters. The van der Waals surface area contributed by atoms with Crippen LogP contribution in [0.4, 0.5) is 0 Å². The largest absolute Gasteiger partial charge is 0.491 e. The van der Waals surface area contributed by atoms with Crippen LogP contribution in [0.2, 0.25) is 0 Å². The van der Waals surface area contributed by atoms with E-state index in [1.807, 2.05) is 12.1 Å². The molecule has 0 aromatic heterocycles. The first-order valence-electron chi connectivity index (χ1n) is 7.15. The molecule has 19 heavy (non-hydrogen) atoms. The summed E-state index contributed by atoms with van der Waals surface area (Å²) in [6.45, 7) is 1.14. The topological polar surface area (TPSA) is 38.7 Å². The molecule has 0 bridgehead atoms. The molecule has 0 aliphatic heterocycles. The van der Waals surface area contributed by atoms with Crippen molar-refractivity contribution in [2.75, 3.05) is 20.3 Å². The molecule has 0 saturated heterocycles. The van der Waals surface area contributed by atoms with Crippen molar-refractivity contribution in [2.24, 2.45) is 0 Å². The van der Waals surface area contributed by atoms with Gasteiger partial charge in [0.25, 0.3) is 0 Å². The second kappa shape index (κ2) is 6.92. The van der Waals surface area contributed by atoms with Crippen molar-refractivity contribution in [3.8, 4) is 5.75 Å². The minimum atomic E-state index is -0.618. The van der Waals surface area contributed by atoms with E-state index in [-0.39, 0.29) is 0 Å². The van der Waals surface area contributed by atoms with Crippen LogP contribution in [0.3, 0.4) is 0 Å². The van der Waals surface area contributed by atoms with E-state index in [9.17, 15) is 5.11 Å². The molecule has 1 N–H and O–H groups in total. The number of hydrogen-bond donors (Lipinski definition) is 1. The van der Waals surface area contributed by atoms with Crippen molar-refractivity contribution < 1.29 is 14.6 Å². The van der Waals surface area contributed by atoms with Gasteiger partial charge in [-0.25, -0.2) is 0 Å². The fourth-order valence-corrected chi connectivity index (χ4v) is 2.54. The van der Waals surface area contributed by atoms with Crippen LogP contribution < -0.4 is 4.74 Å². The van der Waals surface area contributed by atoms with Crippen molar-refractivity contribution in [3.05, 3.63) is 29.8 Å². The zero-order valence-corrected chi connectivity index (χ0v) is 11.7. The highest BCUT2D eigenvalue weighted by Crippen LogP contribution is 2.28. The minimum Gasteiger partial charge on any atom is -0.491 e. The van der Waals surface area contributed by atoms with E-state index < -0.39 is 5.60 Å². The van der Waals surface area contributed by atoms with Gasteiger partial charge >= 0.3 is 0 Å². The highest BCUT2D eigenvalue weighted by Gasteiger charge is 2.29. The third-order valence-electron chi connectivity index (χ3n) is 3.81. The first-order chi connectivity index (χ1) is 9.22. The zero-order chi connectivity index (χ0) is 13.6. The fraction of sp³-hybridized carbons (Fsp3) is 0.625. The maximum Gasteiger partial charge on any atom is 0.119 e. The summed E-state index contributed by atoms with van der Waals surface area (Å²) in [5.74, 6) is 0.833. The van der Waals surface area contributed by atoms with E-state index in [0.717, 1.165) is 44.5 Å². The maximum absolute atomic E-state index is 10.4. The summed E-state index contributed by atoms with van der Waals surface area (Å²) in [5, 5.41) is 10.4. The minimum absolute atomic E-state index is 0.407. The predicted octanol–water partition coefficient (Wildman–Crippen LogP) is 2.95. The maximum atomic E-state index is 10.4. The van der Waals surface area contributed by atoms with Gasteiger partial charge in [-0.2, -0.15) is 0 Å². The average molecular weight is 264 g/mol. The second-order valence-corrected chi connectivity index (χ2v) is 5.46. The van der Waals surface area contributed by atoms with Crippen LogP contribution in [0.5, 0.6) is 5.75 Å². The molecule has 0 spiro atoms. The first kappa shape index (κ1) is 14.4. The van der Waals surface area contributed by atoms with E-state index in [1.165, 1.54) is 12.0 Å². The van der Waals surface area contributed by atoms with Crippen molar-refractivity contribution in [1.82, 2.24) is 0 Å². The van der Waals surface area contributed by atoms with Crippen LogP contribution in [-0.4, -0.2) is 31.0 Å². The summed E-state index contributed by atoms with van der Waals surface area (Å²) in [4.78, 5) is 0. The molecule has 3 nitrogen and oxygen atoms in total. The molecule has 1 aliphatic rings. The van der Waals surface area contributed by atoms with Crippen LogP contribution in [0, 0.1) is 0 Å². The number of hydrogen-bond acceptors (Lipinski definition) is 3. The molecule has 106 valence electrons. The molecule has 1 saturated carbocycles. The summed E-state index contributed by atoms with van der Waals surface area (Å²) in [6, 6.07) is 8.05. The Bertz CT molecular complexity index is 366. The van der Waals surface area contributed by atoms with E-state index >= 15 is 0 Å². The first-order valence-corrected chi connectivity index (χ1v) is 7.15. The standard InChI is InChI=1S/C16H24O3/c1-18-12-9-14-5-7-15(8-6-14)19-13-16(17)10-3-2-4-11-16/h5-8,17H,2-4,9-13H2,1H3. The van der Waals surface area contributed by atoms with Gasteiger partial charge in [0.1, 0.15) is 12.4 Å². The van der Waals surface area contributed by atoms with Crippen LogP contribution in [-0.2, 0) is 11.2 Å². The molecular formula is C16H24O3. The highest BCUT2D eigenvalue weighted by atomic mass is 16.5. The Morgan fingerprint density at radius 2 is 1.79 bits per heavy atom. The summed E-state index contributed by atoms with van der Waals surface area (Å²) in [6.07, 6.45) is 6.08. The molecule has 1 fully saturated rings. The Balaban J connectivity index is 1.82. The number of ether oxygens (including phenoxy) is 2. The van der Waals surface area contributed by atoms with Gasteiger partial charge in [-0.05, 0) is 37.0 Å². The van der Waals surface area contributed by atoms with Crippen molar-refractivity contribution in [2.45, 2.75) is 44.1 Å². The smallest absolute Gasteiger partial charge is 0.119 e. The molecule has 0 radical (unpaired) electrons. The van der Waals surface area contributed by atoms with E-state index in [4.69, 9.17) is 9.47 Å². The van der Waals surface area contributed by atoms with Gasteiger partial charge in [-0.1, -0.05) is 31.4 Å². The van der Waals surface area contributed by atoms with Crippen LogP contribution in [0.1, 0.15) is 37.7 Å². The molecule has 0 atom stereocenters. The monoisotopic (exact) mass is 264 g/mol. The third-order valence-corrected chi connectivity index (χ3v) is 3.81.